The number of para-hydroxylation sites is 1. The van der Waals surface area contributed by atoms with Crippen molar-refractivity contribution in [3.63, 3.8) is 0 Å². The highest BCUT2D eigenvalue weighted by molar-refractivity contribution is 5.99. The standard InChI is InChI=1S/C16H25FN2O/c1-5-10-18-14-12(8-7-9-13(14)17)15(20)19-11-16(3,4)6-2/h7-9,18H,5-6,10-11H2,1-4H3,(H,19,20). The van der Waals surface area contributed by atoms with Gasteiger partial charge in [-0.2, -0.15) is 0 Å². The van der Waals surface area contributed by atoms with Gasteiger partial charge < -0.3 is 10.6 Å². The van der Waals surface area contributed by atoms with Crippen molar-refractivity contribution in [2.75, 3.05) is 18.4 Å². The number of carbonyl (C=O) groups excluding carboxylic acids is 1. The van der Waals surface area contributed by atoms with Crippen LogP contribution in [-0.2, 0) is 0 Å². The maximum absolute atomic E-state index is 13.8. The average molecular weight is 280 g/mol. The third-order valence-corrected chi connectivity index (χ3v) is 3.49. The van der Waals surface area contributed by atoms with Crippen molar-refractivity contribution in [3.8, 4) is 0 Å². The summed E-state index contributed by atoms with van der Waals surface area (Å²) in [5, 5.41) is 5.88. The van der Waals surface area contributed by atoms with Crippen molar-refractivity contribution in [3.05, 3.63) is 29.6 Å². The van der Waals surface area contributed by atoms with Crippen LogP contribution in [0.15, 0.2) is 18.2 Å². The Kier molecular flexibility index (Phi) is 5.99. The van der Waals surface area contributed by atoms with E-state index in [2.05, 4.69) is 31.4 Å². The molecule has 2 N–H and O–H groups in total. The van der Waals surface area contributed by atoms with Crippen LogP contribution in [0.25, 0.3) is 0 Å². The van der Waals surface area contributed by atoms with Gasteiger partial charge in [0.15, 0.2) is 0 Å². The van der Waals surface area contributed by atoms with Gasteiger partial charge in [0.25, 0.3) is 5.91 Å². The summed E-state index contributed by atoms with van der Waals surface area (Å²) in [4.78, 5) is 12.2. The molecule has 0 aromatic heterocycles. The number of nitrogens with one attached hydrogen (secondary N) is 2. The zero-order chi connectivity index (χ0) is 15.2. The molecule has 1 amide bonds. The fourth-order valence-corrected chi connectivity index (χ4v) is 1.68. The van der Waals surface area contributed by atoms with Crippen LogP contribution in [-0.4, -0.2) is 19.0 Å². The third-order valence-electron chi connectivity index (χ3n) is 3.49. The Bertz CT molecular complexity index is 458. The van der Waals surface area contributed by atoms with E-state index in [1.807, 2.05) is 6.92 Å². The Hall–Kier alpha value is -1.58. The fourth-order valence-electron chi connectivity index (χ4n) is 1.68. The summed E-state index contributed by atoms with van der Waals surface area (Å²) >= 11 is 0. The number of anilines is 1. The summed E-state index contributed by atoms with van der Waals surface area (Å²) in [7, 11) is 0. The quantitative estimate of drug-likeness (QED) is 0.797. The minimum Gasteiger partial charge on any atom is -0.382 e. The molecule has 0 radical (unpaired) electrons. The second-order valence-corrected chi connectivity index (χ2v) is 5.79. The third kappa shape index (κ3) is 4.51. The molecule has 0 fully saturated rings. The molecule has 20 heavy (non-hydrogen) atoms. The van der Waals surface area contributed by atoms with Crippen molar-refractivity contribution < 1.29 is 9.18 Å². The van der Waals surface area contributed by atoms with Crippen LogP contribution in [0.3, 0.4) is 0 Å². The molecule has 1 rings (SSSR count). The number of halogens is 1. The number of rotatable bonds is 7. The summed E-state index contributed by atoms with van der Waals surface area (Å²) in [6, 6.07) is 4.58. The highest BCUT2D eigenvalue weighted by Gasteiger charge is 2.19. The van der Waals surface area contributed by atoms with Crippen LogP contribution in [0.5, 0.6) is 0 Å². The first-order chi connectivity index (χ1) is 9.41. The molecular formula is C16H25FN2O. The van der Waals surface area contributed by atoms with Gasteiger partial charge in [-0.3, -0.25) is 4.79 Å². The van der Waals surface area contributed by atoms with E-state index in [1.54, 1.807) is 12.1 Å². The van der Waals surface area contributed by atoms with E-state index < -0.39 is 0 Å². The topological polar surface area (TPSA) is 41.1 Å². The van der Waals surface area contributed by atoms with E-state index in [9.17, 15) is 9.18 Å². The van der Waals surface area contributed by atoms with Gasteiger partial charge in [-0.1, -0.05) is 33.8 Å². The van der Waals surface area contributed by atoms with Crippen LogP contribution in [0.2, 0.25) is 0 Å². The van der Waals surface area contributed by atoms with E-state index in [-0.39, 0.29) is 17.1 Å². The first-order valence-corrected chi connectivity index (χ1v) is 7.22. The fraction of sp³-hybridized carbons (Fsp3) is 0.562. The van der Waals surface area contributed by atoms with Crippen molar-refractivity contribution >= 4 is 11.6 Å². The second-order valence-electron chi connectivity index (χ2n) is 5.79. The number of hydrogen-bond donors (Lipinski definition) is 2. The summed E-state index contributed by atoms with van der Waals surface area (Å²) in [6.45, 7) is 9.48. The second kappa shape index (κ2) is 7.27. The van der Waals surface area contributed by atoms with Crippen LogP contribution < -0.4 is 10.6 Å². The van der Waals surface area contributed by atoms with E-state index in [0.29, 0.717) is 24.3 Å². The van der Waals surface area contributed by atoms with E-state index in [0.717, 1.165) is 12.8 Å². The summed E-state index contributed by atoms with van der Waals surface area (Å²) in [5.74, 6) is -0.620. The Morgan fingerprint density at radius 3 is 2.60 bits per heavy atom. The average Bonchev–Trinajstić information content (AvgIpc) is 2.43. The molecule has 3 nitrogen and oxygen atoms in total. The molecule has 1 aromatic rings. The molecule has 0 aliphatic heterocycles. The van der Waals surface area contributed by atoms with Gasteiger partial charge in [-0.05, 0) is 30.4 Å². The lowest BCUT2D eigenvalue weighted by atomic mass is 9.90. The van der Waals surface area contributed by atoms with Crippen LogP contribution >= 0.6 is 0 Å². The van der Waals surface area contributed by atoms with Crippen molar-refractivity contribution in [2.45, 2.75) is 40.5 Å². The lowest BCUT2D eigenvalue weighted by Crippen LogP contribution is -2.34. The lowest BCUT2D eigenvalue weighted by molar-refractivity contribution is 0.0936. The SMILES string of the molecule is CCCNc1c(F)cccc1C(=O)NCC(C)(C)CC. The Labute approximate surface area is 121 Å². The highest BCUT2D eigenvalue weighted by Crippen LogP contribution is 2.21. The molecule has 4 heteroatoms. The molecule has 0 saturated heterocycles. The summed E-state index contributed by atoms with van der Waals surface area (Å²) in [6.07, 6.45) is 1.84. The largest absolute Gasteiger partial charge is 0.382 e. The van der Waals surface area contributed by atoms with Gasteiger partial charge in [0.05, 0.1) is 11.3 Å². The Morgan fingerprint density at radius 2 is 2.00 bits per heavy atom. The molecule has 0 unspecified atom stereocenters. The molecule has 0 heterocycles. The van der Waals surface area contributed by atoms with E-state index >= 15 is 0 Å². The monoisotopic (exact) mass is 280 g/mol. The van der Waals surface area contributed by atoms with Gasteiger partial charge in [0.1, 0.15) is 5.82 Å². The zero-order valence-electron chi connectivity index (χ0n) is 12.8. The molecule has 1 aromatic carbocycles. The molecule has 0 saturated carbocycles. The van der Waals surface area contributed by atoms with E-state index in [1.165, 1.54) is 6.07 Å². The van der Waals surface area contributed by atoms with Crippen molar-refractivity contribution in [1.29, 1.82) is 0 Å². The van der Waals surface area contributed by atoms with Gasteiger partial charge >= 0.3 is 0 Å². The summed E-state index contributed by atoms with van der Waals surface area (Å²) in [5.41, 5.74) is 0.700. The molecular weight excluding hydrogens is 255 g/mol. The van der Waals surface area contributed by atoms with Gasteiger partial charge in [0.2, 0.25) is 0 Å². The predicted octanol–water partition coefficient (Wildman–Crippen LogP) is 3.81. The minimum atomic E-state index is -0.388. The molecule has 0 bridgehead atoms. The van der Waals surface area contributed by atoms with Gasteiger partial charge in [0, 0.05) is 13.1 Å². The Balaban J connectivity index is 2.84. The maximum atomic E-state index is 13.8. The lowest BCUT2D eigenvalue weighted by Gasteiger charge is -2.23. The molecule has 0 atom stereocenters. The van der Waals surface area contributed by atoms with Crippen molar-refractivity contribution in [2.24, 2.45) is 5.41 Å². The van der Waals surface area contributed by atoms with Crippen LogP contribution in [0.4, 0.5) is 10.1 Å². The number of hydrogen-bond acceptors (Lipinski definition) is 2. The van der Waals surface area contributed by atoms with Crippen molar-refractivity contribution in [1.82, 2.24) is 5.32 Å². The minimum absolute atomic E-state index is 0.0417. The van der Waals surface area contributed by atoms with Crippen LogP contribution in [0, 0.1) is 11.2 Å². The number of carbonyl (C=O) groups is 1. The predicted molar refractivity (Wildman–Crippen MR) is 81.6 cm³/mol. The normalized spacial score (nSPS) is 11.2. The number of benzene rings is 1. The van der Waals surface area contributed by atoms with Crippen LogP contribution in [0.1, 0.15) is 50.9 Å². The Morgan fingerprint density at radius 1 is 1.30 bits per heavy atom. The van der Waals surface area contributed by atoms with Gasteiger partial charge in [-0.25, -0.2) is 4.39 Å². The summed E-state index contributed by atoms with van der Waals surface area (Å²) < 4.78 is 13.8. The first kappa shape index (κ1) is 16.5. The first-order valence-electron chi connectivity index (χ1n) is 7.22. The maximum Gasteiger partial charge on any atom is 0.253 e. The smallest absolute Gasteiger partial charge is 0.253 e. The highest BCUT2D eigenvalue weighted by atomic mass is 19.1. The molecule has 112 valence electrons. The zero-order valence-corrected chi connectivity index (χ0v) is 12.8. The van der Waals surface area contributed by atoms with E-state index in [4.69, 9.17) is 0 Å². The molecule has 0 spiro atoms. The molecule has 0 aliphatic carbocycles. The molecule has 0 aliphatic rings. The van der Waals surface area contributed by atoms with Gasteiger partial charge in [-0.15, -0.1) is 0 Å². The number of amides is 1.